The van der Waals surface area contributed by atoms with E-state index in [-0.39, 0.29) is 68.8 Å². The number of hydrogen-bond acceptors (Lipinski definition) is 15. The molecule has 8 atom stereocenters. The van der Waals surface area contributed by atoms with Gasteiger partial charge in [-0.2, -0.15) is 0 Å². The van der Waals surface area contributed by atoms with Gasteiger partial charge in [0.1, 0.15) is 30.2 Å². The van der Waals surface area contributed by atoms with Gasteiger partial charge in [0.2, 0.25) is 0 Å². The topological polar surface area (TPSA) is 170 Å². The zero-order chi connectivity index (χ0) is 42.2. The Morgan fingerprint density at radius 2 is 0.804 bits per heavy atom. The van der Waals surface area contributed by atoms with Gasteiger partial charge in [0.05, 0.1) is 65.5 Å². The molecule has 15 heteroatoms. The van der Waals surface area contributed by atoms with Crippen LogP contribution in [0.3, 0.4) is 0 Å². The fourth-order valence-electron chi connectivity index (χ4n) is 6.91. The van der Waals surface area contributed by atoms with Crippen LogP contribution in [0.5, 0.6) is 0 Å². The lowest BCUT2D eigenvalue weighted by Gasteiger charge is -2.28. The predicted molar refractivity (Wildman–Crippen MR) is 205 cm³/mol. The highest BCUT2D eigenvalue weighted by Gasteiger charge is 2.49. The van der Waals surface area contributed by atoms with Crippen LogP contribution in [0.4, 0.5) is 0 Å². The highest BCUT2D eigenvalue weighted by Crippen LogP contribution is 2.38. The van der Waals surface area contributed by atoms with Crippen molar-refractivity contribution in [2.24, 2.45) is 11.8 Å². The molecule has 0 radical (unpaired) electrons. The summed E-state index contributed by atoms with van der Waals surface area (Å²) in [5.74, 6) is -2.34. The maximum Gasteiger partial charge on any atom is 1.00 e. The monoisotopic (exact) mass is 805 g/mol. The summed E-state index contributed by atoms with van der Waals surface area (Å²) in [5.41, 5.74) is 0. The molecule has 0 spiro atoms. The van der Waals surface area contributed by atoms with E-state index in [0.717, 1.165) is 12.8 Å². The summed E-state index contributed by atoms with van der Waals surface area (Å²) in [6.07, 6.45) is 2.99. The molecule has 56 heavy (non-hydrogen) atoms. The average molecular weight is 806 g/mol. The highest BCUT2D eigenvalue weighted by atomic mass is 16.8. The first kappa shape index (κ1) is 49.9. The lowest BCUT2D eigenvalue weighted by molar-refractivity contribution is -0.196. The molecule has 0 amide bonds. The molecule has 0 aromatic heterocycles. The lowest BCUT2D eigenvalue weighted by atomic mass is 10.0. The van der Waals surface area contributed by atoms with Gasteiger partial charge in [0.15, 0.2) is 23.1 Å². The number of rotatable bonds is 18. The van der Waals surface area contributed by atoms with E-state index in [1.54, 1.807) is 20.8 Å². The van der Waals surface area contributed by atoms with Crippen LogP contribution in [0, 0.1) is 11.8 Å². The smallest absolute Gasteiger partial charge is 0.466 e. The Kier molecular flexibility index (Phi) is 20.8. The van der Waals surface area contributed by atoms with E-state index in [1.165, 1.54) is 6.92 Å². The average Bonchev–Trinajstić information content (AvgIpc) is 3.88. The fraction of sp³-hybridized carbons (Fsp3) is 0.902. The third-order valence-electron chi connectivity index (χ3n) is 9.37. The summed E-state index contributed by atoms with van der Waals surface area (Å²) < 4.78 is 61.9. The number of carbonyl (C=O) groups is 4. The molecule has 4 rings (SSSR count). The van der Waals surface area contributed by atoms with Gasteiger partial charge < -0.3 is 56.9 Å². The Morgan fingerprint density at radius 1 is 0.518 bits per heavy atom. The van der Waals surface area contributed by atoms with Gasteiger partial charge in [0.25, 0.3) is 0 Å². The number of ketones is 1. The van der Waals surface area contributed by atoms with Gasteiger partial charge >= 0.3 is 19.3 Å². The predicted octanol–water partition coefficient (Wildman–Crippen LogP) is 6.31. The van der Waals surface area contributed by atoms with Crippen molar-refractivity contribution in [1.82, 2.24) is 0 Å². The maximum atomic E-state index is 11.5. The molecule has 15 nitrogen and oxygen atoms in total. The van der Waals surface area contributed by atoms with E-state index in [1.807, 2.05) is 27.7 Å². The normalized spacial score (nSPS) is 32.4. The summed E-state index contributed by atoms with van der Waals surface area (Å²) in [6.45, 7) is 26.1. The molecular formula is C41H73O15+. The third-order valence-corrected chi connectivity index (χ3v) is 9.37. The molecule has 326 valence electrons. The minimum absolute atomic E-state index is 0. The Labute approximate surface area is 336 Å². The van der Waals surface area contributed by atoms with Crippen LogP contribution in [-0.4, -0.2) is 118 Å². The molecule has 0 aromatic rings. The number of ether oxygens (including phenoxy) is 11. The Balaban J connectivity index is 0.000000465. The van der Waals surface area contributed by atoms with Crippen molar-refractivity contribution in [2.75, 3.05) is 46.2 Å². The molecule has 4 aliphatic rings. The van der Waals surface area contributed by atoms with Crippen molar-refractivity contribution in [3.05, 3.63) is 0 Å². The summed E-state index contributed by atoms with van der Waals surface area (Å²) in [6, 6.07) is 0. The summed E-state index contributed by atoms with van der Waals surface area (Å²) in [4.78, 5) is 44.0. The lowest BCUT2D eigenvalue weighted by Crippen LogP contribution is -2.36. The number of esters is 3. The molecule has 8 unspecified atom stereocenters. The van der Waals surface area contributed by atoms with Crippen molar-refractivity contribution >= 4 is 23.7 Å². The van der Waals surface area contributed by atoms with Crippen molar-refractivity contribution in [2.45, 2.75) is 182 Å². The zero-order valence-corrected chi connectivity index (χ0v) is 36.2. The van der Waals surface area contributed by atoms with Gasteiger partial charge in [-0.05, 0) is 67.2 Å². The van der Waals surface area contributed by atoms with Gasteiger partial charge in [-0.15, -0.1) is 0 Å². The second-order valence-corrected chi connectivity index (χ2v) is 16.2. The van der Waals surface area contributed by atoms with E-state index in [2.05, 4.69) is 32.4 Å². The molecule has 4 saturated heterocycles. The fourth-order valence-corrected chi connectivity index (χ4v) is 6.91. The van der Waals surface area contributed by atoms with Gasteiger partial charge in [-0.1, -0.05) is 27.7 Å². The third kappa shape index (κ3) is 18.1. The first-order valence-corrected chi connectivity index (χ1v) is 20.4. The zero-order valence-electron chi connectivity index (χ0n) is 37.2. The quantitative estimate of drug-likeness (QED) is 0.112. The van der Waals surface area contributed by atoms with Crippen molar-refractivity contribution in [3.63, 3.8) is 0 Å². The first-order chi connectivity index (χ1) is 26.2. The van der Waals surface area contributed by atoms with E-state index < -0.39 is 23.1 Å². The van der Waals surface area contributed by atoms with E-state index in [4.69, 9.17) is 47.4 Å². The molecule has 0 aliphatic carbocycles. The standard InChI is InChI=1S/C18H30O8.C16H30O4.C7H12O3/c1-5-21-15(19)7-9-17(3)23-11-13(25-17)14-12-24-18(4,26-14)10-8-16(20)22-6-2;1-11(2)7-15(5)17-9-13(19-15)14-10-18-16(6,20-14)8-12(3)4;1-3-10-7(9)5-4-6(2)8/h13-14H,5-12H2,1-4H3;11-14H,7-10H2,1-6H3;3-5H2,1-2H3/p+1. The molecule has 4 fully saturated rings. The molecule has 0 N–H and O–H groups in total. The number of hydrogen-bond donors (Lipinski definition) is 0. The summed E-state index contributed by atoms with van der Waals surface area (Å²) in [7, 11) is 0. The van der Waals surface area contributed by atoms with Crippen LogP contribution in [0.1, 0.15) is 136 Å². The summed E-state index contributed by atoms with van der Waals surface area (Å²) >= 11 is 0. The highest BCUT2D eigenvalue weighted by molar-refractivity contribution is 5.80. The van der Waals surface area contributed by atoms with E-state index >= 15 is 0 Å². The molecule has 0 saturated carbocycles. The minimum atomic E-state index is -0.843. The van der Waals surface area contributed by atoms with Crippen molar-refractivity contribution in [3.8, 4) is 0 Å². The first-order valence-electron chi connectivity index (χ1n) is 20.4. The second kappa shape index (κ2) is 23.4. The van der Waals surface area contributed by atoms with Crippen LogP contribution in [0.15, 0.2) is 0 Å². The molecule has 4 aliphatic heterocycles. The Hall–Kier alpha value is -2.24. The van der Waals surface area contributed by atoms with Crippen LogP contribution >= 0.6 is 0 Å². The Bertz CT molecular complexity index is 1160. The van der Waals surface area contributed by atoms with Gasteiger partial charge in [-0.25, -0.2) is 0 Å². The van der Waals surface area contributed by atoms with E-state index in [9.17, 15) is 19.2 Å². The second-order valence-electron chi connectivity index (χ2n) is 16.2. The van der Waals surface area contributed by atoms with Crippen LogP contribution in [-0.2, 0) is 71.3 Å². The molecular weight excluding hydrogens is 732 g/mol. The molecule has 4 heterocycles. The van der Waals surface area contributed by atoms with Crippen LogP contribution in [0.25, 0.3) is 0 Å². The largest absolute Gasteiger partial charge is 1.00 e. The summed E-state index contributed by atoms with van der Waals surface area (Å²) in [5, 5.41) is 0. The Morgan fingerprint density at radius 3 is 1.09 bits per heavy atom. The maximum absolute atomic E-state index is 11.5. The molecule has 0 aromatic carbocycles. The van der Waals surface area contributed by atoms with Gasteiger partial charge in [0, 0.05) is 32.1 Å². The van der Waals surface area contributed by atoms with Crippen molar-refractivity contribution < 1.29 is 72.7 Å². The SMILES string of the molecule is CC(C)CC1(C)OCC(C2COC(C)(CC(C)C)O2)O1.CCOC(=O)CCC(C)=O.CCOC(=O)CCC1(C)OCC(C2COC(C)(CCC(=O)OCC)O2)O1.[H+]. The van der Waals surface area contributed by atoms with Crippen molar-refractivity contribution in [1.29, 1.82) is 0 Å². The molecule has 0 bridgehead atoms. The number of Topliss-reactive ketones (excluding diaryl/α,β-unsaturated/α-hetero) is 1. The van der Waals surface area contributed by atoms with Gasteiger partial charge in [-0.3, -0.25) is 14.4 Å². The minimum Gasteiger partial charge on any atom is -0.466 e. The van der Waals surface area contributed by atoms with E-state index in [0.29, 0.717) is 77.3 Å². The van der Waals surface area contributed by atoms with Crippen LogP contribution < -0.4 is 0 Å². The number of carbonyl (C=O) groups excluding carboxylic acids is 4. The van der Waals surface area contributed by atoms with Crippen LogP contribution in [0.2, 0.25) is 0 Å².